The molecule has 1 aromatic carbocycles. The van der Waals surface area contributed by atoms with Gasteiger partial charge >= 0.3 is 0 Å². The predicted octanol–water partition coefficient (Wildman–Crippen LogP) is 2.64. The quantitative estimate of drug-likeness (QED) is 0.880. The Hall–Kier alpha value is -2.01. The van der Waals surface area contributed by atoms with E-state index in [0.29, 0.717) is 0 Å². The summed E-state index contributed by atoms with van der Waals surface area (Å²) in [5, 5.41) is 7.73. The topological polar surface area (TPSA) is 48.3 Å². The van der Waals surface area contributed by atoms with Gasteiger partial charge in [0, 0.05) is 13.6 Å². The number of hydrogen-bond donors (Lipinski definition) is 1. The lowest BCUT2D eigenvalue weighted by atomic mass is 10.2. The zero-order chi connectivity index (χ0) is 14.5. The van der Waals surface area contributed by atoms with Crippen molar-refractivity contribution in [3.63, 3.8) is 0 Å². The molecule has 0 amide bonds. The standard InChI is InChI=1S/C15H21N3O2/c1-5-16-10-14-11(2)17-18(3)15(14)20-13-8-6-12(19-4)7-9-13/h6-9,16H,5,10H2,1-4H3. The molecule has 0 radical (unpaired) electrons. The number of hydrogen-bond acceptors (Lipinski definition) is 4. The van der Waals surface area contributed by atoms with E-state index in [-0.39, 0.29) is 0 Å². The number of nitrogens with one attached hydrogen (secondary N) is 1. The van der Waals surface area contributed by atoms with Gasteiger partial charge in [-0.05, 0) is 37.7 Å². The second-order valence-electron chi connectivity index (χ2n) is 4.55. The van der Waals surface area contributed by atoms with E-state index < -0.39 is 0 Å². The van der Waals surface area contributed by atoms with Crippen LogP contribution in [0.2, 0.25) is 0 Å². The van der Waals surface area contributed by atoms with Gasteiger partial charge in [-0.1, -0.05) is 6.92 Å². The third kappa shape index (κ3) is 3.11. The van der Waals surface area contributed by atoms with Gasteiger partial charge in [-0.15, -0.1) is 0 Å². The van der Waals surface area contributed by atoms with Crippen molar-refractivity contribution in [3.05, 3.63) is 35.5 Å². The first-order chi connectivity index (χ1) is 9.65. The van der Waals surface area contributed by atoms with Crippen molar-refractivity contribution < 1.29 is 9.47 Å². The van der Waals surface area contributed by atoms with Crippen LogP contribution >= 0.6 is 0 Å². The zero-order valence-corrected chi connectivity index (χ0v) is 12.4. The minimum Gasteiger partial charge on any atom is -0.497 e. The van der Waals surface area contributed by atoms with Crippen LogP contribution in [0, 0.1) is 6.92 Å². The Morgan fingerprint density at radius 1 is 1.20 bits per heavy atom. The Bertz CT molecular complexity index is 561. The molecule has 0 fully saturated rings. The van der Waals surface area contributed by atoms with Crippen molar-refractivity contribution >= 4 is 0 Å². The fourth-order valence-corrected chi connectivity index (χ4v) is 2.02. The van der Waals surface area contributed by atoms with E-state index >= 15 is 0 Å². The van der Waals surface area contributed by atoms with Crippen LogP contribution in [-0.2, 0) is 13.6 Å². The van der Waals surface area contributed by atoms with Gasteiger partial charge in [0.25, 0.3) is 0 Å². The maximum atomic E-state index is 5.96. The van der Waals surface area contributed by atoms with Crippen LogP contribution in [0.25, 0.3) is 0 Å². The van der Waals surface area contributed by atoms with Crippen molar-refractivity contribution in [1.29, 1.82) is 0 Å². The summed E-state index contributed by atoms with van der Waals surface area (Å²) in [6.07, 6.45) is 0. The summed E-state index contributed by atoms with van der Waals surface area (Å²) < 4.78 is 12.9. The first kappa shape index (κ1) is 14.4. The summed E-state index contributed by atoms with van der Waals surface area (Å²) in [5.41, 5.74) is 2.07. The maximum Gasteiger partial charge on any atom is 0.222 e. The van der Waals surface area contributed by atoms with E-state index in [1.165, 1.54) is 0 Å². The molecule has 1 heterocycles. The molecule has 0 bridgehead atoms. The molecule has 0 saturated heterocycles. The Morgan fingerprint density at radius 2 is 1.85 bits per heavy atom. The van der Waals surface area contributed by atoms with Gasteiger partial charge in [0.1, 0.15) is 11.5 Å². The predicted molar refractivity (Wildman–Crippen MR) is 78.4 cm³/mol. The van der Waals surface area contributed by atoms with Crippen LogP contribution < -0.4 is 14.8 Å². The number of aryl methyl sites for hydroxylation is 2. The molecule has 108 valence electrons. The molecule has 5 heteroatoms. The van der Waals surface area contributed by atoms with Crippen LogP contribution in [-0.4, -0.2) is 23.4 Å². The normalized spacial score (nSPS) is 10.6. The third-order valence-electron chi connectivity index (χ3n) is 3.11. The van der Waals surface area contributed by atoms with E-state index in [4.69, 9.17) is 9.47 Å². The van der Waals surface area contributed by atoms with Gasteiger partial charge in [0.15, 0.2) is 0 Å². The lowest BCUT2D eigenvalue weighted by molar-refractivity contribution is 0.407. The van der Waals surface area contributed by atoms with Crippen molar-refractivity contribution in [3.8, 4) is 17.4 Å². The average molecular weight is 275 g/mol. The second kappa shape index (κ2) is 6.43. The van der Waals surface area contributed by atoms with E-state index in [9.17, 15) is 0 Å². The van der Waals surface area contributed by atoms with Crippen LogP contribution in [0.5, 0.6) is 17.4 Å². The number of rotatable bonds is 6. The van der Waals surface area contributed by atoms with Crippen molar-refractivity contribution in [2.75, 3.05) is 13.7 Å². The summed E-state index contributed by atoms with van der Waals surface area (Å²) in [6, 6.07) is 7.53. The summed E-state index contributed by atoms with van der Waals surface area (Å²) in [7, 11) is 3.54. The highest BCUT2D eigenvalue weighted by Crippen LogP contribution is 2.28. The first-order valence-corrected chi connectivity index (χ1v) is 6.70. The summed E-state index contributed by atoms with van der Waals surface area (Å²) >= 11 is 0. The molecular weight excluding hydrogens is 254 g/mol. The number of methoxy groups -OCH3 is 1. The highest BCUT2D eigenvalue weighted by atomic mass is 16.5. The summed E-state index contributed by atoms with van der Waals surface area (Å²) in [6.45, 7) is 5.74. The van der Waals surface area contributed by atoms with Crippen molar-refractivity contribution in [2.45, 2.75) is 20.4 Å². The molecule has 0 unspecified atom stereocenters. The fourth-order valence-electron chi connectivity index (χ4n) is 2.02. The van der Waals surface area contributed by atoms with Crippen LogP contribution in [0.1, 0.15) is 18.2 Å². The minimum atomic E-state index is 0.752. The molecule has 0 aliphatic rings. The van der Waals surface area contributed by atoms with Gasteiger partial charge in [-0.25, -0.2) is 4.68 Å². The maximum absolute atomic E-state index is 5.96. The third-order valence-corrected chi connectivity index (χ3v) is 3.11. The van der Waals surface area contributed by atoms with Gasteiger partial charge in [0.05, 0.1) is 18.4 Å². The lowest BCUT2D eigenvalue weighted by Gasteiger charge is -2.09. The van der Waals surface area contributed by atoms with Crippen LogP contribution in [0.4, 0.5) is 0 Å². The summed E-state index contributed by atoms with van der Waals surface area (Å²) in [5.74, 6) is 2.35. The lowest BCUT2D eigenvalue weighted by Crippen LogP contribution is -2.12. The molecule has 1 aromatic heterocycles. The first-order valence-electron chi connectivity index (χ1n) is 6.70. The van der Waals surface area contributed by atoms with Gasteiger partial charge in [-0.2, -0.15) is 5.10 Å². The van der Waals surface area contributed by atoms with E-state index in [2.05, 4.69) is 17.3 Å². The van der Waals surface area contributed by atoms with Crippen molar-refractivity contribution in [2.24, 2.45) is 7.05 Å². The Kier molecular flexibility index (Phi) is 4.63. The zero-order valence-electron chi connectivity index (χ0n) is 12.4. The average Bonchev–Trinajstić information content (AvgIpc) is 2.72. The number of nitrogens with zero attached hydrogens (tertiary/aromatic N) is 2. The molecule has 0 aliphatic carbocycles. The SMILES string of the molecule is CCNCc1c(C)nn(C)c1Oc1ccc(OC)cc1. The van der Waals surface area contributed by atoms with E-state index in [1.807, 2.05) is 38.2 Å². The van der Waals surface area contributed by atoms with Crippen molar-refractivity contribution in [1.82, 2.24) is 15.1 Å². The monoisotopic (exact) mass is 275 g/mol. The second-order valence-corrected chi connectivity index (χ2v) is 4.55. The van der Waals surface area contributed by atoms with Gasteiger partial charge < -0.3 is 14.8 Å². The van der Waals surface area contributed by atoms with Crippen LogP contribution in [0.3, 0.4) is 0 Å². The number of benzene rings is 1. The molecule has 2 rings (SSSR count). The summed E-state index contributed by atoms with van der Waals surface area (Å²) in [4.78, 5) is 0. The van der Waals surface area contributed by atoms with Crippen LogP contribution in [0.15, 0.2) is 24.3 Å². The molecular formula is C15H21N3O2. The Balaban J connectivity index is 2.22. The van der Waals surface area contributed by atoms with E-state index in [0.717, 1.165) is 41.7 Å². The Morgan fingerprint density at radius 3 is 2.45 bits per heavy atom. The molecule has 1 N–H and O–H groups in total. The smallest absolute Gasteiger partial charge is 0.222 e. The molecule has 2 aromatic rings. The largest absolute Gasteiger partial charge is 0.497 e. The van der Waals surface area contributed by atoms with E-state index in [1.54, 1.807) is 11.8 Å². The Labute approximate surface area is 119 Å². The fraction of sp³-hybridized carbons (Fsp3) is 0.400. The molecule has 0 aliphatic heterocycles. The van der Waals surface area contributed by atoms with Gasteiger partial charge in [0.2, 0.25) is 5.88 Å². The highest BCUT2D eigenvalue weighted by molar-refractivity contribution is 5.37. The molecule has 5 nitrogen and oxygen atoms in total. The molecule has 20 heavy (non-hydrogen) atoms. The minimum absolute atomic E-state index is 0.752. The van der Waals surface area contributed by atoms with Gasteiger partial charge in [-0.3, -0.25) is 0 Å². The molecule has 0 spiro atoms. The highest BCUT2D eigenvalue weighted by Gasteiger charge is 2.15. The molecule has 0 atom stereocenters. The molecule has 0 saturated carbocycles. The number of aromatic nitrogens is 2. The number of ether oxygens (including phenoxy) is 2.